The topological polar surface area (TPSA) is 30.5 Å². The van der Waals surface area contributed by atoms with E-state index in [-0.39, 0.29) is 0 Å². The van der Waals surface area contributed by atoms with Crippen molar-refractivity contribution in [2.75, 3.05) is 20.3 Å². The molecule has 1 heterocycles. The van der Waals surface area contributed by atoms with E-state index >= 15 is 0 Å². The number of hydrogen-bond donors (Lipinski definition) is 1. The molecule has 3 nitrogen and oxygen atoms in total. The van der Waals surface area contributed by atoms with E-state index in [4.69, 9.17) is 9.47 Å². The SMILES string of the molecule is COCc1cccc(OCC2CCCN2)c1. The molecule has 0 bridgehead atoms. The summed E-state index contributed by atoms with van der Waals surface area (Å²) >= 11 is 0. The Hall–Kier alpha value is -1.06. The van der Waals surface area contributed by atoms with Gasteiger partial charge in [0.05, 0.1) is 6.61 Å². The molecule has 1 atom stereocenters. The van der Waals surface area contributed by atoms with Crippen molar-refractivity contribution in [3.63, 3.8) is 0 Å². The first kappa shape index (κ1) is 11.4. The van der Waals surface area contributed by atoms with Gasteiger partial charge in [-0.1, -0.05) is 12.1 Å². The molecule has 2 rings (SSSR count). The van der Waals surface area contributed by atoms with E-state index in [0.717, 1.165) is 24.5 Å². The summed E-state index contributed by atoms with van der Waals surface area (Å²) in [5, 5.41) is 3.42. The fraction of sp³-hybridized carbons (Fsp3) is 0.538. The Bertz CT molecular complexity index is 321. The Morgan fingerprint density at radius 3 is 3.12 bits per heavy atom. The molecule has 1 aromatic rings. The fourth-order valence-electron chi connectivity index (χ4n) is 1.99. The Labute approximate surface area is 96.8 Å². The number of hydrogen-bond acceptors (Lipinski definition) is 3. The Morgan fingerprint density at radius 2 is 2.38 bits per heavy atom. The lowest BCUT2D eigenvalue weighted by Crippen LogP contribution is -2.28. The molecular formula is C13H19NO2. The second kappa shape index (κ2) is 5.87. The highest BCUT2D eigenvalue weighted by molar-refractivity contribution is 5.28. The molecule has 1 aromatic carbocycles. The van der Waals surface area contributed by atoms with E-state index in [2.05, 4.69) is 5.32 Å². The lowest BCUT2D eigenvalue weighted by atomic mass is 10.2. The predicted octanol–water partition coefficient (Wildman–Crippen LogP) is 1.96. The number of rotatable bonds is 5. The Balaban J connectivity index is 1.85. The van der Waals surface area contributed by atoms with Gasteiger partial charge in [-0.3, -0.25) is 0 Å². The molecule has 0 amide bonds. The van der Waals surface area contributed by atoms with E-state index in [1.165, 1.54) is 12.8 Å². The van der Waals surface area contributed by atoms with Crippen LogP contribution >= 0.6 is 0 Å². The van der Waals surface area contributed by atoms with Gasteiger partial charge in [0.2, 0.25) is 0 Å². The van der Waals surface area contributed by atoms with E-state index in [9.17, 15) is 0 Å². The first-order valence-corrected chi connectivity index (χ1v) is 5.82. The zero-order valence-corrected chi connectivity index (χ0v) is 9.74. The summed E-state index contributed by atoms with van der Waals surface area (Å²) in [5.74, 6) is 0.934. The zero-order valence-electron chi connectivity index (χ0n) is 9.74. The molecule has 0 saturated carbocycles. The molecule has 1 saturated heterocycles. The number of benzene rings is 1. The molecule has 1 fully saturated rings. The van der Waals surface area contributed by atoms with Gasteiger partial charge < -0.3 is 14.8 Å². The van der Waals surface area contributed by atoms with Gasteiger partial charge in [0.1, 0.15) is 12.4 Å². The lowest BCUT2D eigenvalue weighted by molar-refractivity contribution is 0.184. The van der Waals surface area contributed by atoms with Gasteiger partial charge in [-0.2, -0.15) is 0 Å². The van der Waals surface area contributed by atoms with Crippen LogP contribution in [0.2, 0.25) is 0 Å². The van der Waals surface area contributed by atoms with Crippen LogP contribution in [0.4, 0.5) is 0 Å². The molecule has 0 aromatic heterocycles. The van der Waals surface area contributed by atoms with Crippen molar-refractivity contribution >= 4 is 0 Å². The van der Waals surface area contributed by atoms with Gasteiger partial charge in [-0.25, -0.2) is 0 Å². The minimum atomic E-state index is 0.520. The van der Waals surface area contributed by atoms with Crippen molar-refractivity contribution in [2.45, 2.75) is 25.5 Å². The first-order valence-electron chi connectivity index (χ1n) is 5.82. The van der Waals surface area contributed by atoms with Crippen LogP contribution in [0.3, 0.4) is 0 Å². The molecule has 1 aliphatic rings. The summed E-state index contributed by atoms with van der Waals surface area (Å²) in [6.45, 7) is 2.52. The maximum Gasteiger partial charge on any atom is 0.119 e. The van der Waals surface area contributed by atoms with Crippen LogP contribution in [0.1, 0.15) is 18.4 Å². The maximum absolute atomic E-state index is 5.76. The van der Waals surface area contributed by atoms with Crippen LogP contribution in [0.5, 0.6) is 5.75 Å². The summed E-state index contributed by atoms with van der Waals surface area (Å²) in [6, 6.07) is 8.61. The third kappa shape index (κ3) is 3.22. The largest absolute Gasteiger partial charge is 0.492 e. The summed E-state index contributed by atoms with van der Waals surface area (Å²) in [7, 11) is 1.70. The van der Waals surface area contributed by atoms with Gasteiger partial charge >= 0.3 is 0 Å². The third-order valence-corrected chi connectivity index (χ3v) is 2.82. The van der Waals surface area contributed by atoms with Crippen molar-refractivity contribution in [2.24, 2.45) is 0 Å². The van der Waals surface area contributed by atoms with E-state index in [0.29, 0.717) is 12.6 Å². The molecule has 1 N–H and O–H groups in total. The summed E-state index contributed by atoms with van der Waals surface area (Å²) in [6.07, 6.45) is 2.48. The molecule has 0 spiro atoms. The molecular weight excluding hydrogens is 202 g/mol. The monoisotopic (exact) mass is 221 g/mol. The van der Waals surface area contributed by atoms with E-state index < -0.39 is 0 Å². The predicted molar refractivity (Wildman–Crippen MR) is 63.7 cm³/mol. The fourth-order valence-corrected chi connectivity index (χ4v) is 1.99. The van der Waals surface area contributed by atoms with Crippen LogP contribution < -0.4 is 10.1 Å². The van der Waals surface area contributed by atoms with Crippen LogP contribution in [0.25, 0.3) is 0 Å². The number of ether oxygens (including phenoxy) is 2. The third-order valence-electron chi connectivity index (χ3n) is 2.82. The first-order chi connectivity index (χ1) is 7.88. The average Bonchev–Trinajstić information content (AvgIpc) is 2.80. The zero-order chi connectivity index (χ0) is 11.2. The van der Waals surface area contributed by atoms with Gasteiger partial charge in [0.15, 0.2) is 0 Å². The molecule has 1 unspecified atom stereocenters. The highest BCUT2D eigenvalue weighted by Gasteiger charge is 2.14. The second-order valence-corrected chi connectivity index (χ2v) is 4.18. The summed E-state index contributed by atoms with van der Waals surface area (Å²) in [5.41, 5.74) is 1.15. The van der Waals surface area contributed by atoms with Gasteiger partial charge in [-0.15, -0.1) is 0 Å². The standard InChI is InChI=1S/C13H19NO2/c1-15-9-11-4-2-6-13(8-11)16-10-12-5-3-7-14-12/h2,4,6,8,12,14H,3,5,7,9-10H2,1H3. The van der Waals surface area contributed by atoms with Crippen molar-refractivity contribution in [1.82, 2.24) is 5.32 Å². The van der Waals surface area contributed by atoms with Crippen LogP contribution in [0, 0.1) is 0 Å². The summed E-state index contributed by atoms with van der Waals surface area (Å²) < 4.78 is 10.9. The normalized spacial score (nSPS) is 19.9. The molecule has 0 aliphatic carbocycles. The van der Waals surface area contributed by atoms with Crippen molar-refractivity contribution < 1.29 is 9.47 Å². The average molecular weight is 221 g/mol. The minimum absolute atomic E-state index is 0.520. The van der Waals surface area contributed by atoms with Gasteiger partial charge in [0.25, 0.3) is 0 Å². The highest BCUT2D eigenvalue weighted by atomic mass is 16.5. The van der Waals surface area contributed by atoms with Crippen LogP contribution in [-0.4, -0.2) is 26.3 Å². The number of nitrogens with one attached hydrogen (secondary N) is 1. The molecule has 3 heteroatoms. The Morgan fingerprint density at radius 1 is 1.44 bits per heavy atom. The number of methoxy groups -OCH3 is 1. The quantitative estimate of drug-likeness (QED) is 0.824. The molecule has 1 aliphatic heterocycles. The highest BCUT2D eigenvalue weighted by Crippen LogP contribution is 2.15. The smallest absolute Gasteiger partial charge is 0.119 e. The molecule has 16 heavy (non-hydrogen) atoms. The maximum atomic E-state index is 5.76. The van der Waals surface area contributed by atoms with Crippen LogP contribution in [-0.2, 0) is 11.3 Å². The van der Waals surface area contributed by atoms with E-state index in [1.807, 2.05) is 24.3 Å². The minimum Gasteiger partial charge on any atom is -0.492 e. The van der Waals surface area contributed by atoms with Gasteiger partial charge in [-0.05, 0) is 37.1 Å². The van der Waals surface area contributed by atoms with E-state index in [1.54, 1.807) is 7.11 Å². The van der Waals surface area contributed by atoms with Crippen molar-refractivity contribution in [3.05, 3.63) is 29.8 Å². The Kier molecular flexibility index (Phi) is 4.19. The molecule has 88 valence electrons. The van der Waals surface area contributed by atoms with Crippen molar-refractivity contribution in [1.29, 1.82) is 0 Å². The second-order valence-electron chi connectivity index (χ2n) is 4.18. The molecule has 0 radical (unpaired) electrons. The van der Waals surface area contributed by atoms with Crippen molar-refractivity contribution in [3.8, 4) is 5.75 Å². The lowest BCUT2D eigenvalue weighted by Gasteiger charge is -2.12. The van der Waals surface area contributed by atoms with Gasteiger partial charge in [0, 0.05) is 13.2 Å². The van der Waals surface area contributed by atoms with Crippen LogP contribution in [0.15, 0.2) is 24.3 Å². The summed E-state index contributed by atoms with van der Waals surface area (Å²) in [4.78, 5) is 0.